The predicted molar refractivity (Wildman–Crippen MR) is 112 cm³/mol. The van der Waals surface area contributed by atoms with Crippen LogP contribution >= 0.6 is 46.4 Å². The number of imidazole rings is 1. The van der Waals surface area contributed by atoms with E-state index >= 15 is 0 Å². The molecule has 0 saturated carbocycles. The lowest BCUT2D eigenvalue weighted by Gasteiger charge is -2.19. The van der Waals surface area contributed by atoms with Crippen LogP contribution in [0.5, 0.6) is 5.75 Å². The number of nitrogens with zero attached hydrogens (tertiary/aromatic N) is 2. The monoisotopic (exact) mass is 457 g/mol. The molecule has 1 unspecified atom stereocenters. The van der Waals surface area contributed by atoms with Gasteiger partial charge in [-0.05, 0) is 23.8 Å². The number of halogens is 4. The zero-order chi connectivity index (χ0) is 20.3. The summed E-state index contributed by atoms with van der Waals surface area (Å²) in [5, 5.41) is 4.38. The average molecular weight is 459 g/mol. The van der Waals surface area contributed by atoms with Crippen molar-refractivity contribution in [2.45, 2.75) is 6.04 Å². The molecule has 146 valence electrons. The lowest BCUT2D eigenvalue weighted by Crippen LogP contribution is -2.34. The minimum Gasteiger partial charge on any atom is -0.482 e. The van der Waals surface area contributed by atoms with Crippen LogP contribution in [0.4, 0.5) is 0 Å². The third kappa shape index (κ3) is 4.92. The van der Waals surface area contributed by atoms with Gasteiger partial charge >= 0.3 is 0 Å². The zero-order valence-corrected chi connectivity index (χ0v) is 17.6. The number of carbonyl (C=O) groups is 1. The van der Waals surface area contributed by atoms with Crippen molar-refractivity contribution in [3.8, 4) is 5.75 Å². The highest BCUT2D eigenvalue weighted by Gasteiger charge is 2.21. The largest absolute Gasteiger partial charge is 0.482 e. The molecule has 0 saturated heterocycles. The maximum absolute atomic E-state index is 12.5. The Bertz CT molecular complexity index is 989. The van der Waals surface area contributed by atoms with E-state index in [-0.39, 0.29) is 28.3 Å². The van der Waals surface area contributed by atoms with Gasteiger partial charge in [-0.15, -0.1) is 0 Å². The molecule has 0 spiro atoms. The van der Waals surface area contributed by atoms with Gasteiger partial charge < -0.3 is 14.6 Å². The first-order valence-electron chi connectivity index (χ1n) is 8.14. The highest BCUT2D eigenvalue weighted by Crippen LogP contribution is 2.33. The van der Waals surface area contributed by atoms with Crippen LogP contribution in [0.1, 0.15) is 17.4 Å². The van der Waals surface area contributed by atoms with Gasteiger partial charge in [0.1, 0.15) is 17.6 Å². The SMILES string of the molecule is Cn1ccnc1C(NC(=O)COc1cc(Cl)c(Cl)cc1Cl)c1ccc(Cl)cc1. The van der Waals surface area contributed by atoms with E-state index in [0.717, 1.165) is 5.56 Å². The first-order chi connectivity index (χ1) is 13.3. The van der Waals surface area contributed by atoms with Crippen LogP contribution in [0.15, 0.2) is 48.8 Å². The summed E-state index contributed by atoms with van der Waals surface area (Å²) >= 11 is 23.9. The first kappa shape index (κ1) is 20.8. The topological polar surface area (TPSA) is 56.2 Å². The molecule has 0 aliphatic carbocycles. The molecule has 0 aliphatic rings. The van der Waals surface area contributed by atoms with Crippen LogP contribution < -0.4 is 10.1 Å². The van der Waals surface area contributed by atoms with Crippen molar-refractivity contribution < 1.29 is 9.53 Å². The van der Waals surface area contributed by atoms with Crippen molar-refractivity contribution in [1.82, 2.24) is 14.9 Å². The van der Waals surface area contributed by atoms with Crippen LogP contribution in [0, 0.1) is 0 Å². The van der Waals surface area contributed by atoms with Crippen LogP contribution in [0.3, 0.4) is 0 Å². The number of carbonyl (C=O) groups excluding carboxylic acids is 1. The molecule has 1 amide bonds. The number of ether oxygens (including phenoxy) is 1. The van der Waals surface area contributed by atoms with Gasteiger partial charge in [0.2, 0.25) is 0 Å². The lowest BCUT2D eigenvalue weighted by atomic mass is 10.1. The Labute approximate surface area is 182 Å². The Morgan fingerprint density at radius 3 is 2.43 bits per heavy atom. The molecular formula is C19H15Cl4N3O2. The minimum atomic E-state index is -0.474. The Balaban J connectivity index is 1.76. The average Bonchev–Trinajstić information content (AvgIpc) is 3.08. The maximum Gasteiger partial charge on any atom is 0.258 e. The van der Waals surface area contributed by atoms with E-state index in [1.807, 2.05) is 23.7 Å². The van der Waals surface area contributed by atoms with E-state index in [2.05, 4.69) is 10.3 Å². The molecule has 1 N–H and O–H groups in total. The molecular weight excluding hydrogens is 444 g/mol. The molecule has 0 fully saturated rings. The van der Waals surface area contributed by atoms with Crippen LogP contribution in [0.2, 0.25) is 20.1 Å². The van der Waals surface area contributed by atoms with E-state index in [1.54, 1.807) is 24.5 Å². The second-order valence-corrected chi connectivity index (χ2v) is 7.59. The smallest absolute Gasteiger partial charge is 0.258 e. The molecule has 9 heteroatoms. The summed E-state index contributed by atoms with van der Waals surface area (Å²) in [5.74, 6) is 0.583. The second-order valence-electron chi connectivity index (χ2n) is 5.93. The molecule has 0 radical (unpaired) electrons. The summed E-state index contributed by atoms with van der Waals surface area (Å²) in [5.41, 5.74) is 0.833. The third-order valence-electron chi connectivity index (χ3n) is 3.96. The highest BCUT2D eigenvalue weighted by atomic mass is 35.5. The summed E-state index contributed by atoms with van der Waals surface area (Å²) in [6.45, 7) is -0.258. The van der Waals surface area contributed by atoms with Crippen LogP contribution in [0.25, 0.3) is 0 Å². The summed E-state index contributed by atoms with van der Waals surface area (Å²) in [4.78, 5) is 16.9. The van der Waals surface area contributed by atoms with E-state index in [0.29, 0.717) is 15.9 Å². The maximum atomic E-state index is 12.5. The number of hydrogen-bond acceptors (Lipinski definition) is 3. The fraction of sp³-hybridized carbons (Fsp3) is 0.158. The molecule has 1 heterocycles. The van der Waals surface area contributed by atoms with Crippen LogP contribution in [-0.4, -0.2) is 22.1 Å². The normalized spacial score (nSPS) is 11.9. The van der Waals surface area contributed by atoms with Crippen molar-refractivity contribution in [2.24, 2.45) is 7.05 Å². The Morgan fingerprint density at radius 1 is 1.11 bits per heavy atom. The summed E-state index contributed by atoms with van der Waals surface area (Å²) in [7, 11) is 1.85. The number of aromatic nitrogens is 2. The Hall–Kier alpha value is -1.92. The van der Waals surface area contributed by atoms with Gasteiger partial charge in [-0.1, -0.05) is 58.5 Å². The van der Waals surface area contributed by atoms with Crippen molar-refractivity contribution in [2.75, 3.05) is 6.61 Å². The minimum absolute atomic E-state index is 0.258. The number of amides is 1. The van der Waals surface area contributed by atoms with Crippen molar-refractivity contribution >= 4 is 52.3 Å². The number of aryl methyl sites for hydroxylation is 1. The van der Waals surface area contributed by atoms with E-state index < -0.39 is 6.04 Å². The Kier molecular flexibility index (Phi) is 6.73. The van der Waals surface area contributed by atoms with Gasteiger partial charge in [0.15, 0.2) is 6.61 Å². The number of hydrogen-bond donors (Lipinski definition) is 1. The Morgan fingerprint density at radius 2 is 1.79 bits per heavy atom. The van der Waals surface area contributed by atoms with Gasteiger partial charge in [0.25, 0.3) is 5.91 Å². The van der Waals surface area contributed by atoms with Crippen LogP contribution in [-0.2, 0) is 11.8 Å². The summed E-state index contributed by atoms with van der Waals surface area (Å²) < 4.78 is 7.33. The molecule has 1 atom stereocenters. The third-order valence-corrected chi connectivity index (χ3v) is 5.23. The first-order valence-corrected chi connectivity index (χ1v) is 9.65. The van der Waals surface area contributed by atoms with Crippen molar-refractivity contribution in [3.63, 3.8) is 0 Å². The summed E-state index contributed by atoms with van der Waals surface area (Å²) in [6.07, 6.45) is 3.47. The zero-order valence-electron chi connectivity index (χ0n) is 14.6. The standard InChI is InChI=1S/C19H15Cl4N3O2/c1-26-7-6-24-19(26)18(11-2-4-12(20)5-3-11)25-17(27)10-28-16-9-14(22)13(21)8-15(16)23/h2-9,18H,10H2,1H3,(H,25,27). The fourth-order valence-corrected chi connectivity index (χ4v) is 3.29. The molecule has 0 aliphatic heterocycles. The second kappa shape index (κ2) is 9.05. The van der Waals surface area contributed by atoms with E-state index in [9.17, 15) is 4.79 Å². The van der Waals surface area contributed by atoms with Gasteiger partial charge in [-0.25, -0.2) is 4.98 Å². The van der Waals surface area contributed by atoms with Crippen molar-refractivity contribution in [1.29, 1.82) is 0 Å². The molecule has 3 rings (SSSR count). The molecule has 28 heavy (non-hydrogen) atoms. The van der Waals surface area contributed by atoms with Gasteiger partial charge in [0, 0.05) is 30.5 Å². The number of rotatable bonds is 6. The molecule has 0 bridgehead atoms. The quantitative estimate of drug-likeness (QED) is 0.508. The summed E-state index contributed by atoms with van der Waals surface area (Å²) in [6, 6.07) is 9.63. The fourth-order valence-electron chi connectivity index (χ4n) is 2.57. The molecule has 5 nitrogen and oxygen atoms in total. The predicted octanol–water partition coefficient (Wildman–Crippen LogP) is 5.32. The van der Waals surface area contributed by atoms with Gasteiger partial charge in [-0.3, -0.25) is 4.79 Å². The van der Waals surface area contributed by atoms with Gasteiger partial charge in [-0.2, -0.15) is 0 Å². The molecule has 1 aromatic heterocycles. The van der Waals surface area contributed by atoms with Crippen molar-refractivity contribution in [3.05, 3.63) is 80.3 Å². The molecule has 3 aromatic rings. The van der Waals surface area contributed by atoms with E-state index in [1.165, 1.54) is 12.1 Å². The van der Waals surface area contributed by atoms with E-state index in [4.69, 9.17) is 51.1 Å². The molecule has 2 aromatic carbocycles. The van der Waals surface area contributed by atoms with Gasteiger partial charge in [0.05, 0.1) is 15.1 Å². The highest BCUT2D eigenvalue weighted by molar-refractivity contribution is 6.43. The lowest BCUT2D eigenvalue weighted by molar-refractivity contribution is -0.123. The number of nitrogens with one attached hydrogen (secondary N) is 1. The number of benzene rings is 2.